The van der Waals surface area contributed by atoms with Gasteiger partial charge in [-0.05, 0) is 10.7 Å². The number of benzene rings is 1. The summed E-state index contributed by atoms with van der Waals surface area (Å²) in [6.45, 7) is 0. The number of alkyl halides is 3. The SMILES string of the molecule is C[n+]1cc(-c2ccccc2)c(C(=O)O)cn1.O=C([O-])C(F)(F)F. The summed E-state index contributed by atoms with van der Waals surface area (Å²) in [6.07, 6.45) is -2.12. The minimum Gasteiger partial charge on any atom is -0.542 e. The third-order valence-electron chi connectivity index (χ3n) is 2.52. The van der Waals surface area contributed by atoms with E-state index in [-0.39, 0.29) is 5.56 Å². The Morgan fingerprint density at radius 2 is 1.74 bits per heavy atom. The van der Waals surface area contributed by atoms with E-state index in [1.807, 2.05) is 30.3 Å². The van der Waals surface area contributed by atoms with Gasteiger partial charge in [0.05, 0.1) is 11.1 Å². The Labute approximate surface area is 128 Å². The first-order valence-electron chi connectivity index (χ1n) is 6.05. The molecule has 0 unspecified atom stereocenters. The van der Waals surface area contributed by atoms with E-state index in [0.717, 1.165) is 5.56 Å². The van der Waals surface area contributed by atoms with Gasteiger partial charge in [-0.2, -0.15) is 13.2 Å². The van der Waals surface area contributed by atoms with Crippen LogP contribution in [0.15, 0.2) is 42.7 Å². The van der Waals surface area contributed by atoms with E-state index in [0.29, 0.717) is 5.56 Å². The number of halogens is 3. The predicted octanol–water partition coefficient (Wildman–Crippen LogP) is 0.570. The number of carboxylic acid groups (broad SMARTS) is 2. The van der Waals surface area contributed by atoms with E-state index in [1.165, 1.54) is 6.20 Å². The Bertz CT molecular complexity index is 703. The average molecular weight is 328 g/mol. The Morgan fingerprint density at radius 3 is 2.17 bits per heavy atom. The largest absolute Gasteiger partial charge is 0.542 e. The minimum atomic E-state index is -5.19. The van der Waals surface area contributed by atoms with Crippen molar-refractivity contribution in [3.05, 3.63) is 48.3 Å². The van der Waals surface area contributed by atoms with E-state index in [9.17, 15) is 18.0 Å². The molecule has 0 saturated heterocycles. The van der Waals surface area contributed by atoms with Gasteiger partial charge in [0.2, 0.25) is 6.20 Å². The van der Waals surface area contributed by atoms with E-state index in [4.69, 9.17) is 15.0 Å². The van der Waals surface area contributed by atoms with Crippen LogP contribution in [0.5, 0.6) is 0 Å². The highest BCUT2D eigenvalue weighted by Crippen LogP contribution is 2.20. The lowest BCUT2D eigenvalue weighted by Crippen LogP contribution is -2.37. The molecule has 6 nitrogen and oxygen atoms in total. The summed E-state index contributed by atoms with van der Waals surface area (Å²) in [5.41, 5.74) is 1.76. The highest BCUT2D eigenvalue weighted by molar-refractivity contribution is 5.95. The zero-order valence-corrected chi connectivity index (χ0v) is 11.7. The minimum absolute atomic E-state index is 0.212. The lowest BCUT2D eigenvalue weighted by Gasteiger charge is -2.03. The smallest absolute Gasteiger partial charge is 0.430 e. The summed E-state index contributed by atoms with van der Waals surface area (Å²) >= 11 is 0. The van der Waals surface area contributed by atoms with Crippen molar-refractivity contribution < 1.29 is 37.7 Å². The van der Waals surface area contributed by atoms with Crippen molar-refractivity contribution in [2.75, 3.05) is 0 Å². The fourth-order valence-corrected chi connectivity index (χ4v) is 1.53. The van der Waals surface area contributed by atoms with Gasteiger partial charge in [0.25, 0.3) is 0 Å². The van der Waals surface area contributed by atoms with Crippen LogP contribution in [0, 0.1) is 0 Å². The molecule has 0 aliphatic carbocycles. The van der Waals surface area contributed by atoms with Gasteiger partial charge >= 0.3 is 12.1 Å². The van der Waals surface area contributed by atoms with Gasteiger partial charge in [-0.25, -0.2) is 4.79 Å². The second-order valence-electron chi connectivity index (χ2n) is 4.23. The van der Waals surface area contributed by atoms with Gasteiger partial charge in [0.15, 0.2) is 7.05 Å². The summed E-state index contributed by atoms with van der Waals surface area (Å²) in [7, 11) is 1.76. The normalized spacial score (nSPS) is 10.4. The number of nitrogens with zero attached hydrogens (tertiary/aromatic N) is 2. The molecule has 1 aromatic heterocycles. The molecule has 0 aliphatic rings. The molecule has 1 N–H and O–H groups in total. The maximum Gasteiger partial charge on any atom is 0.430 e. The maximum atomic E-state index is 11.1. The van der Waals surface area contributed by atoms with Crippen LogP contribution in [0.4, 0.5) is 13.2 Å². The molecule has 122 valence electrons. The molecule has 0 atom stereocenters. The fraction of sp³-hybridized carbons (Fsp3) is 0.143. The first kappa shape index (κ1) is 18.1. The number of rotatable bonds is 2. The third-order valence-corrected chi connectivity index (χ3v) is 2.52. The number of carboxylic acids is 2. The molecule has 0 radical (unpaired) electrons. The van der Waals surface area contributed by atoms with Crippen LogP contribution in [-0.2, 0) is 11.8 Å². The molecular formula is C14H11F3N2O4. The van der Waals surface area contributed by atoms with Gasteiger partial charge in [0.1, 0.15) is 12.2 Å². The number of carbonyl (C=O) groups excluding carboxylic acids is 1. The first-order chi connectivity index (χ1) is 10.6. The topological polar surface area (TPSA) is 94.2 Å². The number of aliphatic carboxylic acids is 1. The second-order valence-corrected chi connectivity index (χ2v) is 4.23. The zero-order valence-electron chi connectivity index (χ0n) is 11.7. The van der Waals surface area contributed by atoms with Crippen molar-refractivity contribution in [2.24, 2.45) is 7.05 Å². The molecule has 9 heteroatoms. The van der Waals surface area contributed by atoms with Gasteiger partial charge in [-0.15, -0.1) is 0 Å². The Morgan fingerprint density at radius 1 is 1.22 bits per heavy atom. The Kier molecular flexibility index (Phi) is 5.77. The van der Waals surface area contributed by atoms with Crippen LogP contribution >= 0.6 is 0 Å². The number of aromatic carboxylic acids is 1. The predicted molar refractivity (Wildman–Crippen MR) is 68.9 cm³/mol. The van der Waals surface area contributed by atoms with Gasteiger partial charge in [0, 0.05) is 0 Å². The molecule has 0 aliphatic heterocycles. The maximum absolute atomic E-state index is 11.1. The van der Waals surface area contributed by atoms with E-state index in [2.05, 4.69) is 5.10 Å². The highest BCUT2D eigenvalue weighted by Gasteiger charge is 2.28. The fourth-order valence-electron chi connectivity index (χ4n) is 1.53. The van der Waals surface area contributed by atoms with Crippen molar-refractivity contribution in [2.45, 2.75) is 6.18 Å². The second kappa shape index (κ2) is 7.34. The molecular weight excluding hydrogens is 317 g/mol. The van der Waals surface area contributed by atoms with Gasteiger partial charge < -0.3 is 15.0 Å². The molecule has 0 bridgehead atoms. The molecule has 0 amide bonds. The monoisotopic (exact) mass is 328 g/mol. The van der Waals surface area contributed by atoms with Crippen molar-refractivity contribution in [1.29, 1.82) is 0 Å². The summed E-state index contributed by atoms with van der Waals surface area (Å²) in [5.74, 6) is -3.97. The molecule has 0 spiro atoms. The van der Waals surface area contributed by atoms with Crippen LogP contribution < -0.4 is 9.79 Å². The van der Waals surface area contributed by atoms with Crippen LogP contribution in [0.3, 0.4) is 0 Å². The zero-order chi connectivity index (χ0) is 17.6. The Hall–Kier alpha value is -2.97. The van der Waals surface area contributed by atoms with Crippen LogP contribution in [-0.4, -0.2) is 28.3 Å². The molecule has 1 heterocycles. The van der Waals surface area contributed by atoms with Crippen LogP contribution in [0.1, 0.15) is 10.4 Å². The van der Waals surface area contributed by atoms with Gasteiger partial charge in [-0.3, -0.25) is 0 Å². The molecule has 23 heavy (non-hydrogen) atoms. The number of hydrogen-bond donors (Lipinski definition) is 1. The quantitative estimate of drug-likeness (QED) is 0.814. The lowest BCUT2D eigenvalue weighted by molar-refractivity contribution is -0.730. The molecule has 0 saturated carbocycles. The number of hydrogen-bond acceptors (Lipinski definition) is 4. The molecule has 2 aromatic rings. The molecule has 0 fully saturated rings. The summed E-state index contributed by atoms with van der Waals surface area (Å²) < 4.78 is 33.1. The highest BCUT2D eigenvalue weighted by atomic mass is 19.4. The lowest BCUT2D eigenvalue weighted by atomic mass is 10.0. The van der Waals surface area contributed by atoms with Gasteiger partial charge in [-0.1, -0.05) is 35.0 Å². The van der Waals surface area contributed by atoms with E-state index >= 15 is 0 Å². The van der Waals surface area contributed by atoms with Crippen molar-refractivity contribution in [3.63, 3.8) is 0 Å². The molecule has 2 rings (SSSR count). The van der Waals surface area contributed by atoms with E-state index in [1.54, 1.807) is 17.9 Å². The third kappa shape index (κ3) is 5.38. The van der Waals surface area contributed by atoms with Crippen molar-refractivity contribution in [3.8, 4) is 11.1 Å². The summed E-state index contributed by atoms with van der Waals surface area (Å²) in [4.78, 5) is 19.8. The standard InChI is InChI=1S/C12H10N2O2.C2HF3O2/c1-14-8-11(9-5-3-2-4-6-9)10(7-13-14)12(15)16;3-2(4,5)1(6)7/h2-8H,1H3;(H,6,7). The van der Waals surface area contributed by atoms with E-state index < -0.39 is 18.1 Å². The van der Waals surface area contributed by atoms with Crippen molar-refractivity contribution in [1.82, 2.24) is 5.10 Å². The summed E-state index contributed by atoms with van der Waals surface area (Å²) in [6, 6.07) is 9.40. The molecule has 1 aromatic carbocycles. The number of aryl methyl sites for hydroxylation is 1. The average Bonchev–Trinajstić information content (AvgIpc) is 2.47. The number of aromatic nitrogens is 2. The van der Waals surface area contributed by atoms with Crippen LogP contribution in [0.2, 0.25) is 0 Å². The van der Waals surface area contributed by atoms with Crippen molar-refractivity contribution >= 4 is 11.9 Å². The number of carbonyl (C=O) groups is 2. The van der Waals surface area contributed by atoms with Crippen LogP contribution in [0.25, 0.3) is 11.1 Å². The Balaban J connectivity index is 0.000000322. The summed E-state index contributed by atoms with van der Waals surface area (Å²) in [5, 5.41) is 21.8. The first-order valence-corrected chi connectivity index (χ1v) is 6.05.